The van der Waals surface area contributed by atoms with Gasteiger partial charge < -0.3 is 15.4 Å². The van der Waals surface area contributed by atoms with Crippen molar-refractivity contribution in [3.8, 4) is 5.75 Å². The fourth-order valence-electron chi connectivity index (χ4n) is 3.78. The molecule has 2 aliphatic rings. The molecular formula is C19H27N3O3. The molecule has 2 fully saturated rings. The van der Waals surface area contributed by atoms with Gasteiger partial charge in [0.15, 0.2) is 0 Å². The first-order chi connectivity index (χ1) is 12.2. The van der Waals surface area contributed by atoms with E-state index in [9.17, 15) is 9.59 Å². The molecule has 1 aliphatic heterocycles. The van der Waals surface area contributed by atoms with Crippen molar-refractivity contribution in [2.24, 2.45) is 0 Å². The zero-order chi connectivity index (χ0) is 17.6. The Morgan fingerprint density at radius 2 is 2.00 bits per heavy atom. The van der Waals surface area contributed by atoms with Crippen molar-refractivity contribution in [2.75, 3.05) is 25.0 Å². The summed E-state index contributed by atoms with van der Waals surface area (Å²) >= 11 is 0. The second kappa shape index (κ2) is 8.34. The molecule has 1 heterocycles. The summed E-state index contributed by atoms with van der Waals surface area (Å²) in [7, 11) is 0. The number of nitrogens with zero attached hydrogens (tertiary/aromatic N) is 1. The summed E-state index contributed by atoms with van der Waals surface area (Å²) in [4.78, 5) is 26.8. The molecule has 1 aromatic rings. The lowest BCUT2D eigenvalue weighted by molar-refractivity contribution is -0.136. The Bertz CT molecular complexity index is 614. The third-order valence-corrected chi connectivity index (χ3v) is 5.01. The average molecular weight is 345 g/mol. The van der Waals surface area contributed by atoms with Crippen molar-refractivity contribution >= 4 is 17.5 Å². The minimum absolute atomic E-state index is 0.0635. The number of benzene rings is 1. The molecule has 3 rings (SSSR count). The fourth-order valence-corrected chi connectivity index (χ4v) is 3.78. The normalized spacial score (nSPS) is 21.2. The van der Waals surface area contributed by atoms with Crippen LogP contribution < -0.4 is 15.4 Å². The number of rotatable bonds is 5. The van der Waals surface area contributed by atoms with Gasteiger partial charge in [0.25, 0.3) is 0 Å². The maximum Gasteiger partial charge on any atom is 0.313 e. The number of ether oxygens (including phenoxy) is 1. The van der Waals surface area contributed by atoms with E-state index in [1.807, 2.05) is 13.0 Å². The summed E-state index contributed by atoms with van der Waals surface area (Å²) in [6.07, 6.45) is 6.05. The standard InChI is InChI=1S/C19H27N3O3/c1-2-25-17-9-5-6-14(12-17)20-18(23)19(24)21-15-10-11-22(13-15)16-7-3-4-8-16/h5-6,9,12,15-16H,2-4,7-8,10-11,13H2,1H3,(H,20,23)(H,21,24)/t15-/m0/s1. The SMILES string of the molecule is CCOc1cccc(NC(=O)C(=O)N[C@H]2CCN(C3CCCC3)C2)c1. The first-order valence-corrected chi connectivity index (χ1v) is 9.24. The van der Waals surface area contributed by atoms with E-state index in [1.54, 1.807) is 18.2 Å². The quantitative estimate of drug-likeness (QED) is 0.802. The van der Waals surface area contributed by atoms with Crippen LogP contribution in [0.1, 0.15) is 39.0 Å². The van der Waals surface area contributed by atoms with E-state index in [4.69, 9.17) is 4.74 Å². The Morgan fingerprint density at radius 3 is 2.76 bits per heavy atom. The molecule has 0 aromatic heterocycles. The van der Waals surface area contributed by atoms with Crippen LogP contribution in [0.3, 0.4) is 0 Å². The van der Waals surface area contributed by atoms with Crippen LogP contribution in [0.4, 0.5) is 5.69 Å². The molecule has 0 unspecified atom stereocenters. The largest absolute Gasteiger partial charge is 0.494 e. The van der Waals surface area contributed by atoms with Gasteiger partial charge in [0, 0.05) is 36.9 Å². The van der Waals surface area contributed by atoms with Gasteiger partial charge in [0.05, 0.1) is 6.61 Å². The van der Waals surface area contributed by atoms with E-state index in [1.165, 1.54) is 25.7 Å². The fraction of sp³-hybridized carbons (Fsp3) is 0.579. The minimum atomic E-state index is -0.632. The summed E-state index contributed by atoms with van der Waals surface area (Å²) in [5.41, 5.74) is 0.560. The number of carbonyl (C=O) groups is 2. The highest BCUT2D eigenvalue weighted by molar-refractivity contribution is 6.39. The average Bonchev–Trinajstić information content (AvgIpc) is 3.26. The Kier molecular flexibility index (Phi) is 5.91. The first kappa shape index (κ1) is 17.7. The van der Waals surface area contributed by atoms with E-state index in [2.05, 4.69) is 15.5 Å². The zero-order valence-corrected chi connectivity index (χ0v) is 14.8. The van der Waals surface area contributed by atoms with Gasteiger partial charge in [0.1, 0.15) is 5.75 Å². The molecule has 0 bridgehead atoms. The van der Waals surface area contributed by atoms with Crippen molar-refractivity contribution in [2.45, 2.75) is 51.1 Å². The predicted octanol–water partition coefficient (Wildman–Crippen LogP) is 2.16. The van der Waals surface area contributed by atoms with E-state index in [0.29, 0.717) is 24.1 Å². The molecule has 2 N–H and O–H groups in total. The smallest absolute Gasteiger partial charge is 0.313 e. The maximum absolute atomic E-state index is 12.2. The van der Waals surface area contributed by atoms with Gasteiger partial charge in [-0.1, -0.05) is 18.9 Å². The summed E-state index contributed by atoms with van der Waals surface area (Å²) in [6.45, 7) is 4.31. The number of hydrogen-bond donors (Lipinski definition) is 2. The molecule has 6 heteroatoms. The van der Waals surface area contributed by atoms with Gasteiger partial charge in [-0.2, -0.15) is 0 Å². The third-order valence-electron chi connectivity index (χ3n) is 5.01. The predicted molar refractivity (Wildman–Crippen MR) is 96.6 cm³/mol. The van der Waals surface area contributed by atoms with Gasteiger partial charge in [-0.3, -0.25) is 14.5 Å². The molecule has 2 amide bonds. The highest BCUT2D eigenvalue weighted by Gasteiger charge is 2.31. The van der Waals surface area contributed by atoms with Crippen molar-refractivity contribution in [1.82, 2.24) is 10.2 Å². The minimum Gasteiger partial charge on any atom is -0.494 e. The van der Waals surface area contributed by atoms with Crippen LogP contribution in [0, 0.1) is 0 Å². The highest BCUT2D eigenvalue weighted by Crippen LogP contribution is 2.26. The first-order valence-electron chi connectivity index (χ1n) is 9.24. The van der Waals surface area contributed by atoms with Crippen LogP contribution >= 0.6 is 0 Å². The Labute approximate surface area is 148 Å². The van der Waals surface area contributed by atoms with Crippen LogP contribution in [0.2, 0.25) is 0 Å². The number of carbonyl (C=O) groups excluding carboxylic acids is 2. The van der Waals surface area contributed by atoms with Gasteiger partial charge in [-0.15, -0.1) is 0 Å². The number of hydrogen-bond acceptors (Lipinski definition) is 4. The lowest BCUT2D eigenvalue weighted by Gasteiger charge is -2.23. The van der Waals surface area contributed by atoms with E-state index < -0.39 is 11.8 Å². The summed E-state index contributed by atoms with van der Waals surface area (Å²) in [5.74, 6) is -0.531. The number of anilines is 1. The third kappa shape index (κ3) is 4.72. The highest BCUT2D eigenvalue weighted by atomic mass is 16.5. The Balaban J connectivity index is 1.48. The lowest BCUT2D eigenvalue weighted by atomic mass is 10.2. The van der Waals surface area contributed by atoms with Gasteiger partial charge in [0.2, 0.25) is 0 Å². The molecular weight excluding hydrogens is 318 g/mol. The van der Waals surface area contributed by atoms with Crippen LogP contribution in [-0.4, -0.2) is 48.5 Å². The molecule has 136 valence electrons. The molecule has 1 aliphatic carbocycles. The number of nitrogens with one attached hydrogen (secondary N) is 2. The van der Waals surface area contributed by atoms with Crippen LogP contribution in [-0.2, 0) is 9.59 Å². The lowest BCUT2D eigenvalue weighted by Crippen LogP contribution is -2.43. The maximum atomic E-state index is 12.2. The van der Waals surface area contributed by atoms with Gasteiger partial charge >= 0.3 is 11.8 Å². The van der Waals surface area contributed by atoms with Crippen molar-refractivity contribution in [3.63, 3.8) is 0 Å². The second-order valence-electron chi connectivity index (χ2n) is 6.81. The molecule has 0 spiro atoms. The van der Waals surface area contributed by atoms with Crippen molar-refractivity contribution in [1.29, 1.82) is 0 Å². The van der Waals surface area contributed by atoms with Gasteiger partial charge in [-0.05, 0) is 38.3 Å². The molecule has 1 aromatic carbocycles. The molecule has 6 nitrogen and oxygen atoms in total. The monoisotopic (exact) mass is 345 g/mol. The van der Waals surface area contributed by atoms with E-state index >= 15 is 0 Å². The van der Waals surface area contributed by atoms with Crippen LogP contribution in [0.25, 0.3) is 0 Å². The number of likely N-dealkylation sites (tertiary alicyclic amines) is 1. The summed E-state index contributed by atoms with van der Waals surface area (Å²) < 4.78 is 5.40. The topological polar surface area (TPSA) is 70.7 Å². The number of amides is 2. The molecule has 1 atom stereocenters. The van der Waals surface area contributed by atoms with Crippen molar-refractivity contribution in [3.05, 3.63) is 24.3 Å². The molecule has 25 heavy (non-hydrogen) atoms. The summed E-state index contributed by atoms with van der Waals surface area (Å²) in [5, 5.41) is 5.50. The van der Waals surface area contributed by atoms with E-state index in [-0.39, 0.29) is 6.04 Å². The van der Waals surface area contributed by atoms with Crippen LogP contribution in [0.5, 0.6) is 5.75 Å². The molecule has 1 saturated carbocycles. The van der Waals surface area contributed by atoms with Crippen molar-refractivity contribution < 1.29 is 14.3 Å². The van der Waals surface area contributed by atoms with E-state index in [0.717, 1.165) is 19.5 Å². The van der Waals surface area contributed by atoms with Crippen LogP contribution in [0.15, 0.2) is 24.3 Å². The molecule has 1 saturated heterocycles. The van der Waals surface area contributed by atoms with Gasteiger partial charge in [-0.25, -0.2) is 0 Å². The summed E-state index contributed by atoms with van der Waals surface area (Å²) in [6, 6.07) is 7.78. The Hall–Kier alpha value is -2.08. The molecule has 0 radical (unpaired) electrons. The zero-order valence-electron chi connectivity index (χ0n) is 14.8. The Morgan fingerprint density at radius 1 is 1.20 bits per heavy atom. The second-order valence-corrected chi connectivity index (χ2v) is 6.81.